The summed E-state index contributed by atoms with van der Waals surface area (Å²) in [6.07, 6.45) is 2.89. The van der Waals surface area contributed by atoms with Crippen molar-refractivity contribution in [2.75, 3.05) is 30.4 Å². The van der Waals surface area contributed by atoms with Crippen LogP contribution in [0.2, 0.25) is 0 Å². The third-order valence-electron chi connectivity index (χ3n) is 5.12. The second-order valence-corrected chi connectivity index (χ2v) is 8.39. The molecule has 0 aromatic heterocycles. The average Bonchev–Trinajstić information content (AvgIpc) is 2.82. The molecule has 174 valence electrons. The van der Waals surface area contributed by atoms with E-state index < -0.39 is 0 Å². The summed E-state index contributed by atoms with van der Waals surface area (Å²) in [5, 5.41) is 6.10. The molecule has 3 aromatic carbocycles. The fourth-order valence-corrected chi connectivity index (χ4v) is 3.30. The first-order valence-corrected chi connectivity index (χ1v) is 11.6. The zero-order chi connectivity index (χ0) is 23.3. The van der Waals surface area contributed by atoms with E-state index in [0.717, 1.165) is 36.4 Å². The van der Waals surface area contributed by atoms with Crippen LogP contribution in [0.1, 0.15) is 32.3 Å². The van der Waals surface area contributed by atoms with E-state index in [1.165, 1.54) is 5.56 Å². The molecule has 0 atom stereocenters. The van der Waals surface area contributed by atoms with E-state index in [0.29, 0.717) is 24.8 Å². The molecule has 0 radical (unpaired) electrons. The Hall–Kier alpha value is -3.47. The molecule has 0 aliphatic rings. The van der Waals surface area contributed by atoms with Crippen LogP contribution in [-0.2, 0) is 11.2 Å². The third-order valence-corrected chi connectivity index (χ3v) is 5.12. The number of nitrogens with one attached hydrogen (secondary N) is 2. The quantitative estimate of drug-likeness (QED) is 0.308. The minimum Gasteiger partial charge on any atom is -0.494 e. The van der Waals surface area contributed by atoms with Gasteiger partial charge in [-0.3, -0.25) is 4.79 Å². The van der Waals surface area contributed by atoms with E-state index in [1.807, 2.05) is 54.6 Å². The van der Waals surface area contributed by atoms with E-state index in [4.69, 9.17) is 9.47 Å². The van der Waals surface area contributed by atoms with E-state index in [2.05, 4.69) is 48.7 Å². The van der Waals surface area contributed by atoms with Gasteiger partial charge >= 0.3 is 0 Å². The maximum Gasteiger partial charge on any atom is 0.243 e. The van der Waals surface area contributed by atoms with E-state index in [1.54, 1.807) is 0 Å². The molecule has 33 heavy (non-hydrogen) atoms. The van der Waals surface area contributed by atoms with Crippen molar-refractivity contribution in [1.29, 1.82) is 0 Å². The minimum atomic E-state index is -0.131. The first-order valence-electron chi connectivity index (χ1n) is 11.6. The van der Waals surface area contributed by atoms with Crippen molar-refractivity contribution in [2.45, 2.75) is 33.1 Å². The molecule has 1 amide bonds. The molecular formula is C28H34N2O3. The number of rotatable bonds is 13. The topological polar surface area (TPSA) is 59.6 Å². The summed E-state index contributed by atoms with van der Waals surface area (Å²) < 4.78 is 11.7. The second-order valence-electron chi connectivity index (χ2n) is 8.39. The molecule has 0 aliphatic carbocycles. The second kappa shape index (κ2) is 13.2. The molecule has 0 spiro atoms. The zero-order valence-electron chi connectivity index (χ0n) is 19.6. The van der Waals surface area contributed by atoms with Crippen LogP contribution in [0.5, 0.6) is 11.5 Å². The van der Waals surface area contributed by atoms with Gasteiger partial charge in [-0.2, -0.15) is 0 Å². The molecule has 0 saturated heterocycles. The van der Waals surface area contributed by atoms with Gasteiger partial charge in [0.15, 0.2) is 0 Å². The van der Waals surface area contributed by atoms with Crippen LogP contribution < -0.4 is 20.1 Å². The Bertz CT molecular complexity index is 989. The smallest absolute Gasteiger partial charge is 0.243 e. The molecule has 0 bridgehead atoms. The van der Waals surface area contributed by atoms with Crippen molar-refractivity contribution in [3.8, 4) is 11.5 Å². The van der Waals surface area contributed by atoms with Crippen molar-refractivity contribution >= 4 is 17.3 Å². The number of amides is 1. The molecule has 5 nitrogen and oxygen atoms in total. The lowest BCUT2D eigenvalue weighted by atomic mass is 10.1. The summed E-state index contributed by atoms with van der Waals surface area (Å²) in [6.45, 7) is 5.76. The summed E-state index contributed by atoms with van der Waals surface area (Å²) in [5.41, 5.74) is 2.82. The van der Waals surface area contributed by atoms with Gasteiger partial charge in [-0.1, -0.05) is 62.4 Å². The van der Waals surface area contributed by atoms with Crippen LogP contribution in [0.4, 0.5) is 11.4 Å². The normalized spacial score (nSPS) is 10.6. The number of benzene rings is 3. The van der Waals surface area contributed by atoms with Crippen molar-refractivity contribution < 1.29 is 14.3 Å². The van der Waals surface area contributed by atoms with Gasteiger partial charge in [-0.15, -0.1) is 0 Å². The van der Waals surface area contributed by atoms with Crippen LogP contribution >= 0.6 is 0 Å². The van der Waals surface area contributed by atoms with Gasteiger partial charge in [0, 0.05) is 11.8 Å². The Kier molecular flexibility index (Phi) is 9.64. The maximum atomic E-state index is 12.5. The first-order chi connectivity index (χ1) is 16.1. The molecule has 3 rings (SSSR count). The molecule has 5 heteroatoms. The summed E-state index contributed by atoms with van der Waals surface area (Å²) >= 11 is 0. The average molecular weight is 447 g/mol. The van der Waals surface area contributed by atoms with Crippen molar-refractivity contribution in [3.63, 3.8) is 0 Å². The Balaban J connectivity index is 1.44. The molecule has 0 unspecified atom stereocenters. The highest BCUT2D eigenvalue weighted by atomic mass is 16.5. The fraction of sp³-hybridized carbons (Fsp3) is 0.321. The molecule has 0 fully saturated rings. The number of para-hydroxylation sites is 2. The first kappa shape index (κ1) is 24.2. The van der Waals surface area contributed by atoms with E-state index in [-0.39, 0.29) is 12.5 Å². The monoisotopic (exact) mass is 446 g/mol. The highest BCUT2D eigenvalue weighted by Gasteiger charge is 2.07. The van der Waals surface area contributed by atoms with Gasteiger partial charge in [0.2, 0.25) is 5.91 Å². The lowest BCUT2D eigenvalue weighted by Gasteiger charge is -2.14. The number of anilines is 2. The molecular weight excluding hydrogens is 412 g/mol. The van der Waals surface area contributed by atoms with Crippen LogP contribution in [0.25, 0.3) is 0 Å². The number of carbonyl (C=O) groups excluding carboxylic acids is 1. The number of ether oxygens (including phenoxy) is 2. The number of hydrogen-bond donors (Lipinski definition) is 2. The summed E-state index contributed by atoms with van der Waals surface area (Å²) in [4.78, 5) is 12.5. The molecule has 0 aliphatic heterocycles. The van der Waals surface area contributed by atoms with Crippen LogP contribution in [0, 0.1) is 5.92 Å². The molecule has 0 saturated carbocycles. The van der Waals surface area contributed by atoms with Gasteiger partial charge in [-0.25, -0.2) is 0 Å². The Morgan fingerprint density at radius 1 is 0.879 bits per heavy atom. The summed E-state index contributed by atoms with van der Waals surface area (Å²) in [6, 6.07) is 25.6. The molecule has 0 heterocycles. The lowest BCUT2D eigenvalue weighted by molar-refractivity contribution is -0.114. The van der Waals surface area contributed by atoms with Gasteiger partial charge in [-0.05, 0) is 55.0 Å². The Morgan fingerprint density at radius 3 is 2.48 bits per heavy atom. The Labute approximate surface area is 197 Å². The van der Waals surface area contributed by atoms with Gasteiger partial charge in [0.1, 0.15) is 11.5 Å². The largest absolute Gasteiger partial charge is 0.494 e. The fourth-order valence-electron chi connectivity index (χ4n) is 3.30. The SMILES string of the molecule is CC(C)CCOc1cccc(NC(=O)CNc2ccccc2OCCCc2ccccc2)c1. The van der Waals surface area contributed by atoms with Crippen LogP contribution in [-0.4, -0.2) is 25.7 Å². The van der Waals surface area contributed by atoms with E-state index >= 15 is 0 Å². The van der Waals surface area contributed by atoms with E-state index in [9.17, 15) is 4.79 Å². The third kappa shape index (κ3) is 8.89. The maximum absolute atomic E-state index is 12.5. The predicted molar refractivity (Wildman–Crippen MR) is 135 cm³/mol. The van der Waals surface area contributed by atoms with Crippen molar-refractivity contribution in [2.24, 2.45) is 5.92 Å². The predicted octanol–water partition coefficient (Wildman–Crippen LogP) is 6.17. The highest BCUT2D eigenvalue weighted by Crippen LogP contribution is 2.24. The number of hydrogen-bond acceptors (Lipinski definition) is 4. The number of carbonyl (C=O) groups is 1. The van der Waals surface area contributed by atoms with Crippen molar-refractivity contribution in [3.05, 3.63) is 84.4 Å². The minimum absolute atomic E-state index is 0.131. The molecule has 3 aromatic rings. The standard InChI is InChI=1S/C28H34N2O3/c1-22(2)17-19-32-25-14-8-13-24(20-25)30-28(31)21-29-26-15-6-7-16-27(26)33-18-9-12-23-10-4-3-5-11-23/h3-8,10-11,13-16,20,22,29H,9,12,17-19,21H2,1-2H3,(H,30,31). The van der Waals surface area contributed by atoms with Crippen molar-refractivity contribution in [1.82, 2.24) is 0 Å². The molecule has 2 N–H and O–H groups in total. The van der Waals surface area contributed by atoms with Gasteiger partial charge in [0.05, 0.1) is 25.4 Å². The zero-order valence-corrected chi connectivity index (χ0v) is 19.6. The summed E-state index contributed by atoms with van der Waals surface area (Å²) in [5.74, 6) is 1.97. The summed E-state index contributed by atoms with van der Waals surface area (Å²) in [7, 11) is 0. The van der Waals surface area contributed by atoms with Gasteiger partial charge in [0.25, 0.3) is 0 Å². The lowest BCUT2D eigenvalue weighted by Crippen LogP contribution is -2.22. The van der Waals surface area contributed by atoms with Crippen LogP contribution in [0.3, 0.4) is 0 Å². The highest BCUT2D eigenvalue weighted by molar-refractivity contribution is 5.94. The number of aryl methyl sites for hydroxylation is 1. The Morgan fingerprint density at radius 2 is 1.67 bits per heavy atom. The van der Waals surface area contributed by atoms with Gasteiger partial charge < -0.3 is 20.1 Å². The van der Waals surface area contributed by atoms with Crippen LogP contribution in [0.15, 0.2) is 78.9 Å².